The minimum atomic E-state index is -0.0453. The number of nitrogens with zero attached hydrogens (tertiary/aromatic N) is 2. The van der Waals surface area contributed by atoms with Crippen LogP contribution < -0.4 is 11.1 Å². The molecule has 0 unspecified atom stereocenters. The maximum Gasteiger partial charge on any atom is 0.269 e. The fraction of sp³-hybridized carbons (Fsp3) is 0.667. The van der Waals surface area contributed by atoms with Gasteiger partial charge in [0, 0.05) is 13.1 Å². The molecule has 0 bridgehead atoms. The van der Waals surface area contributed by atoms with E-state index in [9.17, 15) is 4.79 Å². The highest BCUT2D eigenvalue weighted by atomic mass is 16.2. The van der Waals surface area contributed by atoms with Crippen LogP contribution in [0.1, 0.15) is 42.9 Å². The molecular formula is C12H22N4O. The van der Waals surface area contributed by atoms with Crippen LogP contribution in [0.4, 0.5) is 0 Å². The Hall–Kier alpha value is -1.36. The highest BCUT2D eigenvalue weighted by Gasteiger charge is 2.12. The van der Waals surface area contributed by atoms with Gasteiger partial charge in [-0.2, -0.15) is 5.10 Å². The van der Waals surface area contributed by atoms with Gasteiger partial charge in [-0.25, -0.2) is 0 Å². The van der Waals surface area contributed by atoms with Gasteiger partial charge in [0.2, 0.25) is 0 Å². The molecule has 0 spiro atoms. The van der Waals surface area contributed by atoms with Crippen LogP contribution >= 0.6 is 0 Å². The quantitative estimate of drug-likeness (QED) is 0.694. The first kappa shape index (κ1) is 13.7. The van der Waals surface area contributed by atoms with Crippen molar-refractivity contribution in [2.75, 3.05) is 13.1 Å². The minimum Gasteiger partial charge on any atom is -0.351 e. The smallest absolute Gasteiger partial charge is 0.269 e. The van der Waals surface area contributed by atoms with Gasteiger partial charge in [0.15, 0.2) is 0 Å². The number of hydrogen-bond donors (Lipinski definition) is 2. The van der Waals surface area contributed by atoms with Crippen molar-refractivity contribution in [2.45, 2.75) is 39.7 Å². The van der Waals surface area contributed by atoms with Crippen molar-refractivity contribution in [3.05, 3.63) is 17.5 Å². The van der Waals surface area contributed by atoms with E-state index < -0.39 is 0 Å². The number of nitrogens with two attached hydrogens (primary N) is 1. The fourth-order valence-corrected chi connectivity index (χ4v) is 1.63. The molecule has 0 fully saturated rings. The lowest BCUT2D eigenvalue weighted by atomic mass is 10.3. The summed E-state index contributed by atoms with van der Waals surface area (Å²) < 4.78 is 1.75. The Morgan fingerprint density at radius 2 is 2.24 bits per heavy atom. The summed E-state index contributed by atoms with van der Waals surface area (Å²) in [6.07, 6.45) is 2.71. The van der Waals surface area contributed by atoms with E-state index in [-0.39, 0.29) is 5.91 Å². The zero-order valence-electron chi connectivity index (χ0n) is 10.7. The highest BCUT2D eigenvalue weighted by molar-refractivity contribution is 5.92. The third-order valence-electron chi connectivity index (χ3n) is 2.64. The summed E-state index contributed by atoms with van der Waals surface area (Å²) in [6.45, 7) is 6.07. The molecule has 1 heterocycles. The summed E-state index contributed by atoms with van der Waals surface area (Å²) in [5.74, 6) is -0.0453. The fourth-order valence-electron chi connectivity index (χ4n) is 1.63. The number of unbranched alkanes of at least 4 members (excludes halogenated alkanes) is 1. The zero-order chi connectivity index (χ0) is 12.7. The number of aryl methyl sites for hydroxylation is 2. The number of nitrogens with one attached hydrogen (secondary N) is 1. The Balaban J connectivity index is 2.58. The van der Waals surface area contributed by atoms with Crippen molar-refractivity contribution >= 4 is 5.91 Å². The minimum absolute atomic E-state index is 0.0453. The lowest BCUT2D eigenvalue weighted by molar-refractivity contribution is 0.0942. The summed E-state index contributed by atoms with van der Waals surface area (Å²) in [5.41, 5.74) is 7.00. The van der Waals surface area contributed by atoms with Gasteiger partial charge in [0.05, 0.1) is 5.69 Å². The topological polar surface area (TPSA) is 72.9 Å². The van der Waals surface area contributed by atoms with Crippen LogP contribution in [0.15, 0.2) is 6.07 Å². The van der Waals surface area contributed by atoms with Crippen molar-refractivity contribution in [1.29, 1.82) is 0 Å². The molecule has 0 aliphatic rings. The zero-order valence-corrected chi connectivity index (χ0v) is 10.7. The Bertz CT molecular complexity index is 359. The molecule has 5 nitrogen and oxygen atoms in total. The molecule has 1 aromatic rings. The largest absolute Gasteiger partial charge is 0.351 e. The molecule has 0 atom stereocenters. The van der Waals surface area contributed by atoms with E-state index in [1.807, 2.05) is 19.9 Å². The third kappa shape index (κ3) is 3.85. The summed E-state index contributed by atoms with van der Waals surface area (Å²) in [5, 5.41) is 7.24. The van der Waals surface area contributed by atoms with E-state index in [2.05, 4.69) is 10.4 Å². The lowest BCUT2D eigenvalue weighted by Crippen LogP contribution is -2.27. The van der Waals surface area contributed by atoms with Crippen LogP contribution in [0.5, 0.6) is 0 Å². The van der Waals surface area contributed by atoms with Crippen molar-refractivity contribution < 1.29 is 4.79 Å². The van der Waals surface area contributed by atoms with Gasteiger partial charge in [-0.1, -0.05) is 6.92 Å². The van der Waals surface area contributed by atoms with Crippen molar-refractivity contribution in [3.8, 4) is 0 Å². The average Bonchev–Trinajstić information content (AvgIpc) is 2.77. The Morgan fingerprint density at radius 3 is 2.82 bits per heavy atom. The van der Waals surface area contributed by atoms with E-state index in [1.165, 1.54) is 0 Å². The molecule has 5 heteroatoms. The van der Waals surface area contributed by atoms with Crippen molar-refractivity contribution in [2.24, 2.45) is 5.73 Å². The molecule has 0 aliphatic carbocycles. The highest BCUT2D eigenvalue weighted by Crippen LogP contribution is 2.05. The first-order chi connectivity index (χ1) is 8.22. The van der Waals surface area contributed by atoms with Crippen molar-refractivity contribution in [1.82, 2.24) is 15.1 Å². The first-order valence-electron chi connectivity index (χ1n) is 6.27. The number of hydrogen-bond acceptors (Lipinski definition) is 3. The number of carbonyl (C=O) groups is 1. The Labute approximate surface area is 102 Å². The Morgan fingerprint density at radius 1 is 1.47 bits per heavy atom. The molecule has 0 aromatic carbocycles. The molecule has 0 radical (unpaired) electrons. The monoisotopic (exact) mass is 238 g/mol. The number of carbonyl (C=O) groups excluding carboxylic acids is 1. The number of aromatic nitrogens is 2. The molecule has 1 amide bonds. The summed E-state index contributed by atoms with van der Waals surface area (Å²) >= 11 is 0. The second-order valence-corrected chi connectivity index (χ2v) is 3.94. The van der Waals surface area contributed by atoms with E-state index in [0.29, 0.717) is 25.3 Å². The lowest BCUT2D eigenvalue weighted by Gasteiger charge is -2.05. The standard InChI is InChI=1S/C12H22N4O/c1-3-10-9-11(16(4-2)15-10)12(17)14-8-6-5-7-13/h9H,3-8,13H2,1-2H3,(H,14,17). The van der Waals surface area contributed by atoms with Gasteiger partial charge in [0.25, 0.3) is 5.91 Å². The SMILES string of the molecule is CCc1cc(C(=O)NCCCCN)n(CC)n1. The van der Waals surface area contributed by atoms with Crippen LogP contribution in [0, 0.1) is 0 Å². The predicted molar refractivity (Wildman–Crippen MR) is 67.9 cm³/mol. The molecular weight excluding hydrogens is 216 g/mol. The van der Waals surface area contributed by atoms with Gasteiger partial charge in [-0.3, -0.25) is 9.48 Å². The molecule has 17 heavy (non-hydrogen) atoms. The molecule has 1 rings (SSSR count). The number of rotatable bonds is 7. The molecule has 1 aromatic heterocycles. The van der Waals surface area contributed by atoms with Crippen LogP contribution in [0.2, 0.25) is 0 Å². The third-order valence-corrected chi connectivity index (χ3v) is 2.64. The first-order valence-corrected chi connectivity index (χ1v) is 6.27. The van der Waals surface area contributed by atoms with E-state index in [0.717, 1.165) is 25.0 Å². The van der Waals surface area contributed by atoms with Gasteiger partial charge in [-0.05, 0) is 38.8 Å². The molecule has 3 N–H and O–H groups in total. The average molecular weight is 238 g/mol. The van der Waals surface area contributed by atoms with E-state index in [1.54, 1.807) is 4.68 Å². The maximum atomic E-state index is 11.9. The van der Waals surface area contributed by atoms with Gasteiger partial charge in [-0.15, -0.1) is 0 Å². The Kier molecular flexibility index (Phi) is 5.69. The van der Waals surface area contributed by atoms with E-state index >= 15 is 0 Å². The molecule has 0 saturated carbocycles. The maximum absolute atomic E-state index is 11.9. The second-order valence-electron chi connectivity index (χ2n) is 3.94. The normalized spacial score (nSPS) is 10.5. The predicted octanol–water partition coefficient (Wildman–Crippen LogP) is 0.934. The van der Waals surface area contributed by atoms with Gasteiger partial charge in [0.1, 0.15) is 5.69 Å². The van der Waals surface area contributed by atoms with Crippen molar-refractivity contribution in [3.63, 3.8) is 0 Å². The van der Waals surface area contributed by atoms with Crippen LogP contribution in [-0.2, 0) is 13.0 Å². The second kappa shape index (κ2) is 7.06. The van der Waals surface area contributed by atoms with Crippen LogP contribution in [0.25, 0.3) is 0 Å². The van der Waals surface area contributed by atoms with Gasteiger partial charge < -0.3 is 11.1 Å². The van der Waals surface area contributed by atoms with E-state index in [4.69, 9.17) is 5.73 Å². The summed E-state index contributed by atoms with van der Waals surface area (Å²) in [6, 6.07) is 1.86. The number of amides is 1. The molecule has 0 saturated heterocycles. The molecule has 96 valence electrons. The van der Waals surface area contributed by atoms with Crippen LogP contribution in [0.3, 0.4) is 0 Å². The summed E-state index contributed by atoms with van der Waals surface area (Å²) in [4.78, 5) is 11.9. The molecule has 0 aliphatic heterocycles. The van der Waals surface area contributed by atoms with Gasteiger partial charge >= 0.3 is 0 Å². The summed E-state index contributed by atoms with van der Waals surface area (Å²) in [7, 11) is 0. The van der Waals surface area contributed by atoms with Crippen LogP contribution in [-0.4, -0.2) is 28.8 Å².